The summed E-state index contributed by atoms with van der Waals surface area (Å²) in [4.78, 5) is 22.4. The molecule has 0 saturated heterocycles. The minimum Gasteiger partial charge on any atom is -0.494 e. The Morgan fingerprint density at radius 2 is 1.64 bits per heavy atom. The number of sulfone groups is 1. The van der Waals surface area contributed by atoms with Crippen molar-refractivity contribution >= 4 is 27.3 Å². The lowest BCUT2D eigenvalue weighted by molar-refractivity contribution is -0.130. The molecule has 2 atom stereocenters. The minimum absolute atomic E-state index is 0.00806. The molecule has 0 spiro atoms. The third-order valence-electron chi connectivity index (χ3n) is 8.32. The van der Waals surface area contributed by atoms with Crippen LogP contribution in [0.4, 0.5) is 5.69 Å². The normalized spacial score (nSPS) is 16.9. The first-order valence-corrected chi connectivity index (χ1v) is 18.1. The minimum atomic E-state index is -3.84. The highest BCUT2D eigenvalue weighted by Gasteiger charge is 2.54. The van der Waals surface area contributed by atoms with Crippen LogP contribution in [-0.4, -0.2) is 56.4 Å². The van der Waals surface area contributed by atoms with Crippen LogP contribution in [0.1, 0.15) is 48.5 Å². The lowest BCUT2D eigenvalue weighted by atomic mass is 9.84. The summed E-state index contributed by atoms with van der Waals surface area (Å²) in [7, 11) is -3.84. The van der Waals surface area contributed by atoms with Gasteiger partial charge in [-0.3, -0.25) is 10.2 Å². The topological polar surface area (TPSA) is 175 Å². The van der Waals surface area contributed by atoms with Gasteiger partial charge in [-0.05, 0) is 66.8 Å². The molecule has 0 fully saturated rings. The molecule has 13 heteroatoms. The number of azide groups is 1. The first-order chi connectivity index (χ1) is 24.4. The molecule has 1 amide bonds. The number of benzene rings is 4. The van der Waals surface area contributed by atoms with Crippen molar-refractivity contribution in [3.63, 3.8) is 0 Å². The van der Waals surface area contributed by atoms with E-state index in [1.807, 2.05) is 18.2 Å². The standard InChI is InChI=1S/C37H40N6O6S/c38-43-41-33-18-8-7-17-32(33)34-37(23-27-50(46,47)31-15-5-2-6-16-31,36(45)42-39-24-10-9-14-28-12-3-1-4-13-28)40-35(49-34)29-19-21-30(22-20-29)48-26-11-25-44/h1-8,12-13,15-22,34,39,44H,9-11,14,23-27H2,(H,42,45)/t34-,37-/m0/s1. The van der Waals surface area contributed by atoms with Crippen LogP contribution in [0.2, 0.25) is 0 Å². The Kier molecular flexibility index (Phi) is 12.6. The number of unbranched alkanes of at least 4 members (excludes halogenated alkanes) is 1. The van der Waals surface area contributed by atoms with Gasteiger partial charge in [-0.15, -0.1) is 0 Å². The van der Waals surface area contributed by atoms with Gasteiger partial charge in [-0.25, -0.2) is 18.8 Å². The number of nitrogens with zero attached hydrogens (tertiary/aromatic N) is 4. The zero-order valence-corrected chi connectivity index (χ0v) is 28.3. The number of hydrazine groups is 1. The Hall–Kier alpha value is -5.20. The van der Waals surface area contributed by atoms with Gasteiger partial charge in [-0.1, -0.05) is 77.9 Å². The summed E-state index contributed by atoms with van der Waals surface area (Å²) in [6, 6.07) is 31.7. The number of carbonyl (C=O) groups is 1. The lowest BCUT2D eigenvalue weighted by Gasteiger charge is -2.31. The molecule has 1 heterocycles. The summed E-state index contributed by atoms with van der Waals surface area (Å²) in [6.45, 7) is 0.810. The van der Waals surface area contributed by atoms with E-state index in [-0.39, 0.29) is 29.5 Å². The highest BCUT2D eigenvalue weighted by molar-refractivity contribution is 7.91. The zero-order valence-electron chi connectivity index (χ0n) is 27.5. The second-order valence-corrected chi connectivity index (χ2v) is 13.9. The average Bonchev–Trinajstić information content (AvgIpc) is 3.54. The Morgan fingerprint density at radius 3 is 2.36 bits per heavy atom. The fourth-order valence-electron chi connectivity index (χ4n) is 5.67. The molecule has 260 valence electrons. The largest absolute Gasteiger partial charge is 0.494 e. The van der Waals surface area contributed by atoms with E-state index < -0.39 is 33.1 Å². The highest BCUT2D eigenvalue weighted by Crippen LogP contribution is 2.45. The SMILES string of the molecule is [N-]=[N+]=Nc1ccccc1[C@@H]1OC(c2ccc(OCCCO)cc2)=N[C@]1(CCS(=O)(=O)c1ccccc1)C(=O)NNCCCCc1ccccc1. The van der Waals surface area contributed by atoms with Crippen molar-refractivity contribution < 1.29 is 27.8 Å². The maximum absolute atomic E-state index is 14.4. The molecule has 50 heavy (non-hydrogen) atoms. The quantitative estimate of drug-likeness (QED) is 0.0367. The van der Waals surface area contributed by atoms with Crippen molar-refractivity contribution in [3.8, 4) is 5.75 Å². The fourth-order valence-corrected chi connectivity index (χ4v) is 7.06. The number of aliphatic hydroxyl groups excluding tert-OH is 1. The first kappa shape index (κ1) is 36.1. The van der Waals surface area contributed by atoms with E-state index in [0.29, 0.717) is 36.4 Å². The van der Waals surface area contributed by atoms with Crippen molar-refractivity contribution in [3.05, 3.63) is 136 Å². The van der Waals surface area contributed by atoms with Gasteiger partial charge < -0.3 is 14.6 Å². The number of amides is 1. The molecule has 5 rings (SSSR count). The van der Waals surface area contributed by atoms with E-state index in [2.05, 4.69) is 33.0 Å². The Morgan fingerprint density at radius 1 is 0.940 bits per heavy atom. The van der Waals surface area contributed by atoms with E-state index in [1.165, 1.54) is 17.7 Å². The first-order valence-electron chi connectivity index (χ1n) is 16.5. The van der Waals surface area contributed by atoms with E-state index in [0.717, 1.165) is 19.3 Å². The zero-order chi connectivity index (χ0) is 35.2. The highest BCUT2D eigenvalue weighted by atomic mass is 32.2. The number of nitrogens with one attached hydrogen (secondary N) is 2. The van der Waals surface area contributed by atoms with Crippen molar-refractivity contribution in [1.29, 1.82) is 0 Å². The summed E-state index contributed by atoms with van der Waals surface area (Å²) in [5.41, 5.74) is 15.7. The van der Waals surface area contributed by atoms with E-state index >= 15 is 0 Å². The monoisotopic (exact) mass is 696 g/mol. The maximum atomic E-state index is 14.4. The van der Waals surface area contributed by atoms with Crippen LogP contribution in [0.5, 0.6) is 5.75 Å². The van der Waals surface area contributed by atoms with E-state index in [9.17, 15) is 18.7 Å². The third-order valence-corrected chi connectivity index (χ3v) is 10.0. The Balaban J connectivity index is 1.47. The van der Waals surface area contributed by atoms with Gasteiger partial charge in [0.2, 0.25) is 5.90 Å². The molecule has 4 aromatic rings. The van der Waals surface area contributed by atoms with Crippen LogP contribution in [0.25, 0.3) is 10.4 Å². The summed E-state index contributed by atoms with van der Waals surface area (Å²) >= 11 is 0. The van der Waals surface area contributed by atoms with Crippen molar-refractivity contribution in [2.24, 2.45) is 10.1 Å². The van der Waals surface area contributed by atoms with Gasteiger partial charge in [0, 0.05) is 47.7 Å². The average molecular weight is 697 g/mol. The molecular weight excluding hydrogens is 657 g/mol. The van der Waals surface area contributed by atoms with Crippen LogP contribution in [0.15, 0.2) is 124 Å². The number of rotatable bonds is 18. The molecule has 0 saturated carbocycles. The van der Waals surface area contributed by atoms with Gasteiger partial charge in [0.1, 0.15) is 5.75 Å². The molecule has 0 bridgehead atoms. The van der Waals surface area contributed by atoms with Gasteiger partial charge in [0.25, 0.3) is 5.91 Å². The molecule has 4 aromatic carbocycles. The second kappa shape index (κ2) is 17.5. The van der Waals surface area contributed by atoms with Crippen LogP contribution in [0.3, 0.4) is 0 Å². The predicted octanol–water partition coefficient (Wildman–Crippen LogP) is 6.15. The Labute approximate surface area is 291 Å². The number of aryl methyl sites for hydroxylation is 1. The summed E-state index contributed by atoms with van der Waals surface area (Å²) < 4.78 is 39.3. The summed E-state index contributed by atoms with van der Waals surface area (Å²) in [5, 5.41) is 12.9. The van der Waals surface area contributed by atoms with Gasteiger partial charge >= 0.3 is 0 Å². The molecule has 0 radical (unpaired) electrons. The van der Waals surface area contributed by atoms with E-state index in [1.54, 1.807) is 66.7 Å². The van der Waals surface area contributed by atoms with E-state index in [4.69, 9.17) is 19.6 Å². The molecular formula is C37H40N6O6S. The van der Waals surface area contributed by atoms with Crippen molar-refractivity contribution in [2.45, 2.75) is 48.6 Å². The smallest absolute Gasteiger partial charge is 0.266 e. The predicted molar refractivity (Wildman–Crippen MR) is 191 cm³/mol. The maximum Gasteiger partial charge on any atom is 0.266 e. The third kappa shape index (κ3) is 9.07. The number of aliphatic imine (C=N–C) groups is 1. The summed E-state index contributed by atoms with van der Waals surface area (Å²) in [5.74, 6) is -0.328. The second-order valence-electron chi connectivity index (χ2n) is 11.7. The van der Waals surface area contributed by atoms with Crippen LogP contribution in [-0.2, 0) is 25.8 Å². The van der Waals surface area contributed by atoms with Crippen LogP contribution in [0, 0.1) is 0 Å². The number of hydrogen-bond donors (Lipinski definition) is 3. The molecule has 1 aliphatic rings. The number of carbonyl (C=O) groups excluding carboxylic acids is 1. The number of ether oxygens (including phenoxy) is 2. The van der Waals surface area contributed by atoms with Gasteiger partial charge in [0.15, 0.2) is 21.5 Å². The molecule has 3 N–H and O–H groups in total. The molecule has 1 aliphatic heterocycles. The molecule has 0 unspecified atom stereocenters. The summed E-state index contributed by atoms with van der Waals surface area (Å²) in [6.07, 6.45) is 1.64. The van der Waals surface area contributed by atoms with Gasteiger partial charge in [0.05, 0.1) is 17.3 Å². The van der Waals surface area contributed by atoms with Crippen LogP contribution < -0.4 is 15.6 Å². The fraction of sp³-hybridized carbons (Fsp3) is 0.297. The lowest BCUT2D eigenvalue weighted by Crippen LogP contribution is -2.53. The van der Waals surface area contributed by atoms with Gasteiger partial charge in [-0.2, -0.15) is 0 Å². The molecule has 0 aliphatic carbocycles. The van der Waals surface area contributed by atoms with Crippen LogP contribution >= 0.6 is 0 Å². The Bertz CT molecular complexity index is 1900. The molecule has 12 nitrogen and oxygen atoms in total. The number of hydrogen-bond acceptors (Lipinski definition) is 9. The number of aliphatic hydroxyl groups is 1. The van der Waals surface area contributed by atoms with Crippen molar-refractivity contribution in [1.82, 2.24) is 10.9 Å². The molecule has 0 aromatic heterocycles. The van der Waals surface area contributed by atoms with Crippen molar-refractivity contribution in [2.75, 3.05) is 25.5 Å².